The Morgan fingerprint density at radius 1 is 1.29 bits per heavy atom. The highest BCUT2D eigenvalue weighted by Crippen LogP contribution is 2.23. The van der Waals surface area contributed by atoms with Gasteiger partial charge in [-0.15, -0.1) is 0 Å². The first-order valence-corrected chi connectivity index (χ1v) is 5.71. The van der Waals surface area contributed by atoms with Crippen molar-refractivity contribution in [3.63, 3.8) is 0 Å². The second-order valence-electron chi connectivity index (χ2n) is 4.19. The second-order valence-corrected chi connectivity index (χ2v) is 4.19. The van der Waals surface area contributed by atoms with E-state index in [0.29, 0.717) is 23.0 Å². The van der Waals surface area contributed by atoms with Crippen molar-refractivity contribution in [3.05, 3.63) is 35.6 Å². The van der Waals surface area contributed by atoms with E-state index in [2.05, 4.69) is 5.32 Å². The van der Waals surface area contributed by atoms with Crippen LogP contribution in [0.2, 0.25) is 0 Å². The number of nitrogens with one attached hydrogen (secondary N) is 1. The molecule has 0 aliphatic rings. The maximum atomic E-state index is 13.7. The Kier molecular flexibility index (Phi) is 3.43. The molecule has 1 aromatic heterocycles. The number of rotatable bonds is 4. The molecule has 0 aliphatic heterocycles. The highest BCUT2D eigenvalue weighted by Gasteiger charge is 2.11. The van der Waals surface area contributed by atoms with E-state index in [9.17, 15) is 8.78 Å². The van der Waals surface area contributed by atoms with Crippen molar-refractivity contribution < 1.29 is 13.2 Å². The van der Waals surface area contributed by atoms with Gasteiger partial charge in [-0.1, -0.05) is 6.92 Å². The Labute approximate surface area is 98.6 Å². The normalized spacial score (nSPS) is 13.2. The average molecular weight is 239 g/mol. The van der Waals surface area contributed by atoms with E-state index in [0.717, 1.165) is 6.54 Å². The van der Waals surface area contributed by atoms with Crippen molar-refractivity contribution in [1.29, 1.82) is 0 Å². The molecule has 17 heavy (non-hydrogen) atoms. The fourth-order valence-corrected chi connectivity index (χ4v) is 1.98. The fraction of sp³-hybridized carbons (Fsp3) is 0.385. The molecule has 2 nitrogen and oxygen atoms in total. The minimum absolute atomic E-state index is 0.173. The van der Waals surface area contributed by atoms with Crippen LogP contribution in [0.1, 0.15) is 19.4 Å². The summed E-state index contributed by atoms with van der Waals surface area (Å²) in [6.07, 6.45) is 0.554. The van der Waals surface area contributed by atoms with Crippen LogP contribution in [-0.4, -0.2) is 12.6 Å². The molecule has 0 radical (unpaired) electrons. The number of hydrogen-bond donors (Lipinski definition) is 1. The van der Waals surface area contributed by atoms with Crippen molar-refractivity contribution >= 4 is 11.0 Å². The van der Waals surface area contributed by atoms with Crippen LogP contribution in [0.5, 0.6) is 0 Å². The zero-order valence-corrected chi connectivity index (χ0v) is 9.89. The van der Waals surface area contributed by atoms with Gasteiger partial charge in [0.25, 0.3) is 6.01 Å². The van der Waals surface area contributed by atoms with Gasteiger partial charge in [-0.2, -0.15) is 4.39 Å². The van der Waals surface area contributed by atoms with Crippen LogP contribution in [0.3, 0.4) is 0 Å². The summed E-state index contributed by atoms with van der Waals surface area (Å²) in [7, 11) is 0. The summed E-state index contributed by atoms with van der Waals surface area (Å²) >= 11 is 0. The Bertz CT molecular complexity index is 521. The van der Waals surface area contributed by atoms with Crippen LogP contribution in [0.15, 0.2) is 22.6 Å². The predicted octanol–water partition coefficient (Wildman–Crippen LogP) is 3.25. The van der Waals surface area contributed by atoms with Gasteiger partial charge in [-0.05, 0) is 37.6 Å². The lowest BCUT2D eigenvalue weighted by Crippen LogP contribution is -2.27. The lowest BCUT2D eigenvalue weighted by molar-refractivity contribution is 0.380. The Morgan fingerprint density at radius 3 is 2.76 bits per heavy atom. The minimum atomic E-state index is -0.684. The summed E-state index contributed by atoms with van der Waals surface area (Å²) in [5.74, 6) is -0.317. The van der Waals surface area contributed by atoms with E-state index < -0.39 is 6.01 Å². The third kappa shape index (κ3) is 2.64. The van der Waals surface area contributed by atoms with Gasteiger partial charge in [0.15, 0.2) is 0 Å². The molecule has 0 fully saturated rings. The molecule has 0 spiro atoms. The second kappa shape index (κ2) is 4.84. The number of hydrogen-bond acceptors (Lipinski definition) is 2. The third-order valence-electron chi connectivity index (χ3n) is 2.73. The first-order chi connectivity index (χ1) is 8.10. The Hall–Kier alpha value is -1.42. The lowest BCUT2D eigenvalue weighted by atomic mass is 10.1. The van der Waals surface area contributed by atoms with Gasteiger partial charge in [-0.3, -0.25) is 0 Å². The molecule has 0 saturated heterocycles. The summed E-state index contributed by atoms with van der Waals surface area (Å²) < 4.78 is 31.5. The summed E-state index contributed by atoms with van der Waals surface area (Å²) in [6.45, 7) is 4.81. The molecule has 4 heteroatoms. The molecule has 1 aromatic carbocycles. The highest BCUT2D eigenvalue weighted by atomic mass is 19.1. The van der Waals surface area contributed by atoms with Crippen LogP contribution in [0.4, 0.5) is 8.78 Å². The zero-order valence-electron chi connectivity index (χ0n) is 9.89. The predicted molar refractivity (Wildman–Crippen MR) is 63.0 cm³/mol. The fourth-order valence-electron chi connectivity index (χ4n) is 1.98. The van der Waals surface area contributed by atoms with Gasteiger partial charge in [0.1, 0.15) is 11.4 Å². The van der Waals surface area contributed by atoms with E-state index in [1.807, 2.05) is 13.8 Å². The molecule has 92 valence electrons. The summed E-state index contributed by atoms with van der Waals surface area (Å²) in [4.78, 5) is 0. The number of likely N-dealkylation sites (N-methyl/N-ethyl adjacent to an activating group) is 1. The third-order valence-corrected chi connectivity index (χ3v) is 2.73. The van der Waals surface area contributed by atoms with Gasteiger partial charge in [0.05, 0.1) is 0 Å². The van der Waals surface area contributed by atoms with E-state index in [-0.39, 0.29) is 11.9 Å². The summed E-state index contributed by atoms with van der Waals surface area (Å²) in [6, 6.07) is 3.57. The van der Waals surface area contributed by atoms with Crippen molar-refractivity contribution in [2.75, 3.05) is 6.54 Å². The van der Waals surface area contributed by atoms with Crippen LogP contribution < -0.4 is 5.32 Å². The van der Waals surface area contributed by atoms with E-state index >= 15 is 0 Å². The molecule has 0 aliphatic carbocycles. The first-order valence-electron chi connectivity index (χ1n) is 5.71. The molecule has 1 atom stereocenters. The van der Waals surface area contributed by atoms with Gasteiger partial charge in [0, 0.05) is 17.5 Å². The van der Waals surface area contributed by atoms with Crippen molar-refractivity contribution in [2.24, 2.45) is 0 Å². The zero-order chi connectivity index (χ0) is 12.4. The molecule has 2 rings (SSSR count). The standard InChI is InChI=1S/C13H15F2NO/c1-3-16-8(2)4-9-6-12-10(5-11(9)14)7-13(15)17-12/h5-8,16H,3-4H2,1-2H3/t8-/m0/s1. The van der Waals surface area contributed by atoms with Crippen molar-refractivity contribution in [2.45, 2.75) is 26.3 Å². The molecular formula is C13H15F2NO. The molecule has 0 amide bonds. The van der Waals surface area contributed by atoms with Crippen LogP contribution in [0.25, 0.3) is 11.0 Å². The number of benzene rings is 1. The summed E-state index contributed by atoms with van der Waals surface area (Å²) in [5, 5.41) is 3.66. The smallest absolute Gasteiger partial charge is 0.278 e. The molecule has 2 aromatic rings. The van der Waals surface area contributed by atoms with Crippen LogP contribution >= 0.6 is 0 Å². The summed E-state index contributed by atoms with van der Waals surface area (Å²) in [5.41, 5.74) is 0.933. The molecule has 1 N–H and O–H groups in total. The Balaban J connectivity index is 2.30. The van der Waals surface area contributed by atoms with E-state index in [1.165, 1.54) is 12.1 Å². The first kappa shape index (κ1) is 12.0. The number of fused-ring (bicyclic) bond motifs is 1. The quantitative estimate of drug-likeness (QED) is 0.886. The van der Waals surface area contributed by atoms with Crippen LogP contribution in [0, 0.1) is 11.8 Å². The van der Waals surface area contributed by atoms with Crippen molar-refractivity contribution in [1.82, 2.24) is 5.32 Å². The SMILES string of the molecule is CCN[C@@H](C)Cc1cc2oc(F)cc2cc1F. The monoisotopic (exact) mass is 239 g/mol. The van der Waals surface area contributed by atoms with Crippen LogP contribution in [-0.2, 0) is 6.42 Å². The van der Waals surface area contributed by atoms with Crippen molar-refractivity contribution in [3.8, 4) is 0 Å². The van der Waals surface area contributed by atoms with Gasteiger partial charge >= 0.3 is 0 Å². The minimum Gasteiger partial charge on any atom is -0.431 e. The molecule has 1 heterocycles. The van der Waals surface area contributed by atoms with E-state index in [1.54, 1.807) is 6.07 Å². The molecule has 0 saturated carbocycles. The lowest BCUT2D eigenvalue weighted by Gasteiger charge is -2.12. The van der Waals surface area contributed by atoms with Gasteiger partial charge < -0.3 is 9.73 Å². The molecular weight excluding hydrogens is 224 g/mol. The highest BCUT2D eigenvalue weighted by molar-refractivity contribution is 5.78. The largest absolute Gasteiger partial charge is 0.431 e. The maximum absolute atomic E-state index is 13.7. The number of furan rings is 1. The van der Waals surface area contributed by atoms with E-state index in [4.69, 9.17) is 4.42 Å². The average Bonchev–Trinajstić information content (AvgIpc) is 2.58. The van der Waals surface area contributed by atoms with Gasteiger partial charge in [-0.25, -0.2) is 4.39 Å². The maximum Gasteiger partial charge on any atom is 0.278 e. The topological polar surface area (TPSA) is 25.2 Å². The molecule has 0 bridgehead atoms. The number of halogens is 2. The molecule has 0 unspecified atom stereocenters. The Morgan fingerprint density at radius 2 is 2.06 bits per heavy atom. The van der Waals surface area contributed by atoms with Gasteiger partial charge in [0.2, 0.25) is 0 Å².